The first kappa shape index (κ1) is 12.3. The van der Waals surface area contributed by atoms with Crippen molar-refractivity contribution < 1.29 is 14.3 Å². The van der Waals surface area contributed by atoms with Gasteiger partial charge in [0, 0.05) is 18.1 Å². The van der Waals surface area contributed by atoms with Crippen molar-refractivity contribution >= 4 is 5.78 Å². The Labute approximate surface area is 95.7 Å². The standard InChI is InChI=1S/C13H16O3/c1-9(2)5-13(14)10-6-11(15-3)8-12(7-10)16-4/h6-8H,1,5H2,2-4H3. The van der Waals surface area contributed by atoms with E-state index in [0.29, 0.717) is 23.5 Å². The second kappa shape index (κ2) is 5.35. The fraction of sp³-hybridized carbons (Fsp3) is 0.308. The van der Waals surface area contributed by atoms with E-state index in [1.165, 1.54) is 0 Å². The number of rotatable bonds is 5. The van der Waals surface area contributed by atoms with Gasteiger partial charge in [0.2, 0.25) is 0 Å². The lowest BCUT2D eigenvalue weighted by Crippen LogP contribution is -2.00. The molecule has 1 rings (SSSR count). The molecule has 0 atom stereocenters. The summed E-state index contributed by atoms with van der Waals surface area (Å²) >= 11 is 0. The van der Waals surface area contributed by atoms with Crippen molar-refractivity contribution in [3.63, 3.8) is 0 Å². The number of hydrogen-bond donors (Lipinski definition) is 0. The SMILES string of the molecule is C=C(C)CC(=O)c1cc(OC)cc(OC)c1. The molecule has 0 aliphatic carbocycles. The highest BCUT2D eigenvalue weighted by Gasteiger charge is 2.09. The van der Waals surface area contributed by atoms with Crippen molar-refractivity contribution in [2.45, 2.75) is 13.3 Å². The van der Waals surface area contributed by atoms with Gasteiger partial charge in [-0.2, -0.15) is 0 Å². The van der Waals surface area contributed by atoms with E-state index in [4.69, 9.17) is 9.47 Å². The fourth-order valence-electron chi connectivity index (χ4n) is 1.34. The van der Waals surface area contributed by atoms with Gasteiger partial charge >= 0.3 is 0 Å². The third-order valence-electron chi connectivity index (χ3n) is 2.14. The van der Waals surface area contributed by atoms with Crippen LogP contribution < -0.4 is 9.47 Å². The van der Waals surface area contributed by atoms with Crippen LogP contribution in [0.2, 0.25) is 0 Å². The van der Waals surface area contributed by atoms with Crippen LogP contribution in [-0.2, 0) is 0 Å². The van der Waals surface area contributed by atoms with E-state index >= 15 is 0 Å². The quantitative estimate of drug-likeness (QED) is 0.565. The number of carbonyl (C=O) groups is 1. The number of ether oxygens (including phenoxy) is 2. The molecule has 3 heteroatoms. The van der Waals surface area contributed by atoms with Crippen molar-refractivity contribution in [1.82, 2.24) is 0 Å². The number of benzene rings is 1. The molecular weight excluding hydrogens is 204 g/mol. The van der Waals surface area contributed by atoms with Gasteiger partial charge in [-0.05, 0) is 19.1 Å². The molecule has 1 aromatic carbocycles. The van der Waals surface area contributed by atoms with Crippen LogP contribution in [0.25, 0.3) is 0 Å². The van der Waals surface area contributed by atoms with E-state index in [2.05, 4.69) is 6.58 Å². The van der Waals surface area contributed by atoms with Crippen LogP contribution in [0.4, 0.5) is 0 Å². The van der Waals surface area contributed by atoms with E-state index in [1.54, 1.807) is 32.4 Å². The summed E-state index contributed by atoms with van der Waals surface area (Å²) in [6, 6.07) is 5.14. The van der Waals surface area contributed by atoms with Crippen LogP contribution in [0.5, 0.6) is 11.5 Å². The van der Waals surface area contributed by atoms with Crippen LogP contribution in [-0.4, -0.2) is 20.0 Å². The monoisotopic (exact) mass is 220 g/mol. The molecule has 0 unspecified atom stereocenters. The van der Waals surface area contributed by atoms with Gasteiger partial charge in [0.1, 0.15) is 11.5 Å². The summed E-state index contributed by atoms with van der Waals surface area (Å²) < 4.78 is 10.2. The maximum atomic E-state index is 11.8. The van der Waals surface area contributed by atoms with Crippen LogP contribution in [0.3, 0.4) is 0 Å². The Bertz CT molecular complexity index is 385. The fourth-order valence-corrected chi connectivity index (χ4v) is 1.34. The van der Waals surface area contributed by atoms with Crippen molar-refractivity contribution in [2.75, 3.05) is 14.2 Å². The van der Waals surface area contributed by atoms with Gasteiger partial charge in [0.15, 0.2) is 5.78 Å². The largest absolute Gasteiger partial charge is 0.497 e. The number of methoxy groups -OCH3 is 2. The van der Waals surface area contributed by atoms with Crippen molar-refractivity contribution in [1.29, 1.82) is 0 Å². The van der Waals surface area contributed by atoms with Gasteiger partial charge < -0.3 is 9.47 Å². The summed E-state index contributed by atoms with van der Waals surface area (Å²) in [5, 5.41) is 0. The summed E-state index contributed by atoms with van der Waals surface area (Å²) in [5.41, 5.74) is 1.42. The van der Waals surface area contributed by atoms with E-state index in [-0.39, 0.29) is 5.78 Å². The first-order chi connectivity index (χ1) is 7.56. The molecule has 1 aromatic rings. The van der Waals surface area contributed by atoms with Gasteiger partial charge in [0.05, 0.1) is 14.2 Å². The van der Waals surface area contributed by atoms with E-state index in [1.807, 2.05) is 6.92 Å². The van der Waals surface area contributed by atoms with Crippen molar-refractivity contribution in [3.8, 4) is 11.5 Å². The van der Waals surface area contributed by atoms with Gasteiger partial charge in [-0.15, -0.1) is 0 Å². The molecule has 0 aliphatic rings. The van der Waals surface area contributed by atoms with Crippen molar-refractivity contribution in [2.24, 2.45) is 0 Å². The summed E-state index contributed by atoms with van der Waals surface area (Å²) in [6.07, 6.45) is 0.344. The normalized spacial score (nSPS) is 9.69. The number of Topliss-reactive ketones (excluding diaryl/α,β-unsaturated/α-hetero) is 1. The molecule has 3 nitrogen and oxygen atoms in total. The molecule has 16 heavy (non-hydrogen) atoms. The van der Waals surface area contributed by atoms with E-state index in [9.17, 15) is 4.79 Å². The molecule has 0 saturated carbocycles. The predicted octanol–water partition coefficient (Wildman–Crippen LogP) is 2.85. The van der Waals surface area contributed by atoms with Crippen LogP contribution in [0, 0.1) is 0 Å². The Morgan fingerprint density at radius 3 is 2.06 bits per heavy atom. The minimum absolute atomic E-state index is 0.0182. The minimum atomic E-state index is 0.0182. The molecule has 0 saturated heterocycles. The Kier molecular flexibility index (Phi) is 4.11. The molecular formula is C13H16O3. The third kappa shape index (κ3) is 3.12. The molecule has 0 radical (unpaired) electrons. The highest BCUT2D eigenvalue weighted by Crippen LogP contribution is 2.23. The van der Waals surface area contributed by atoms with E-state index < -0.39 is 0 Å². The summed E-state index contributed by atoms with van der Waals surface area (Å²) in [4.78, 5) is 11.8. The first-order valence-corrected chi connectivity index (χ1v) is 4.97. The minimum Gasteiger partial charge on any atom is -0.497 e. The molecule has 0 amide bonds. The lowest BCUT2D eigenvalue weighted by molar-refractivity contribution is 0.0992. The number of carbonyl (C=O) groups excluding carboxylic acids is 1. The van der Waals surface area contributed by atoms with Gasteiger partial charge in [0.25, 0.3) is 0 Å². The maximum Gasteiger partial charge on any atom is 0.167 e. The van der Waals surface area contributed by atoms with Gasteiger partial charge in [-0.3, -0.25) is 4.79 Å². The zero-order valence-corrected chi connectivity index (χ0v) is 9.87. The van der Waals surface area contributed by atoms with Crippen LogP contribution >= 0.6 is 0 Å². The molecule has 86 valence electrons. The molecule has 0 N–H and O–H groups in total. The zero-order chi connectivity index (χ0) is 12.1. The highest BCUT2D eigenvalue weighted by atomic mass is 16.5. The van der Waals surface area contributed by atoms with E-state index in [0.717, 1.165) is 5.57 Å². The Hall–Kier alpha value is -1.77. The summed E-state index contributed by atoms with van der Waals surface area (Å²) in [6.45, 7) is 5.55. The summed E-state index contributed by atoms with van der Waals surface area (Å²) in [7, 11) is 3.11. The zero-order valence-electron chi connectivity index (χ0n) is 9.87. The predicted molar refractivity (Wildman–Crippen MR) is 63.3 cm³/mol. The number of ketones is 1. The number of hydrogen-bond acceptors (Lipinski definition) is 3. The Balaban J connectivity index is 3.02. The molecule has 0 aromatic heterocycles. The lowest BCUT2D eigenvalue weighted by atomic mass is 10.0. The maximum absolute atomic E-state index is 11.8. The molecule has 0 spiro atoms. The van der Waals surface area contributed by atoms with Crippen LogP contribution in [0.15, 0.2) is 30.4 Å². The second-order valence-electron chi connectivity index (χ2n) is 3.66. The second-order valence-corrected chi connectivity index (χ2v) is 3.66. The molecule has 0 heterocycles. The summed E-state index contributed by atoms with van der Waals surface area (Å²) in [5.74, 6) is 1.25. The average molecular weight is 220 g/mol. The Morgan fingerprint density at radius 2 is 1.69 bits per heavy atom. The lowest BCUT2D eigenvalue weighted by Gasteiger charge is -2.07. The van der Waals surface area contributed by atoms with Gasteiger partial charge in [-0.25, -0.2) is 0 Å². The highest BCUT2D eigenvalue weighted by molar-refractivity contribution is 5.98. The molecule has 0 bridgehead atoms. The molecule has 0 aliphatic heterocycles. The smallest absolute Gasteiger partial charge is 0.167 e. The topological polar surface area (TPSA) is 35.5 Å². The van der Waals surface area contributed by atoms with Crippen LogP contribution in [0.1, 0.15) is 23.7 Å². The number of allylic oxidation sites excluding steroid dienone is 1. The average Bonchev–Trinajstić information content (AvgIpc) is 2.27. The Morgan fingerprint density at radius 1 is 1.19 bits per heavy atom. The molecule has 0 fully saturated rings. The third-order valence-corrected chi connectivity index (χ3v) is 2.14. The first-order valence-electron chi connectivity index (χ1n) is 4.97. The van der Waals surface area contributed by atoms with Crippen molar-refractivity contribution in [3.05, 3.63) is 35.9 Å². The van der Waals surface area contributed by atoms with Gasteiger partial charge in [-0.1, -0.05) is 12.2 Å².